The number of primary amides is 1. The third-order valence-electron chi connectivity index (χ3n) is 2.75. The predicted octanol–water partition coefficient (Wildman–Crippen LogP) is 0.241. The number of pyridine rings is 1. The van der Waals surface area contributed by atoms with Crippen LogP contribution in [-0.4, -0.2) is 19.3 Å². The zero-order chi connectivity index (χ0) is 15.5. The molecule has 0 aliphatic rings. The van der Waals surface area contributed by atoms with Crippen molar-refractivity contribution in [1.82, 2.24) is 9.71 Å². The second-order valence-electron chi connectivity index (χ2n) is 4.26. The number of nitrogens with two attached hydrogens (primary N) is 2. The number of rotatable bonds is 5. The third kappa shape index (κ3) is 3.56. The molecule has 0 spiro atoms. The first-order valence-electron chi connectivity index (χ1n) is 5.99. The lowest BCUT2D eigenvalue weighted by Gasteiger charge is -2.09. The van der Waals surface area contributed by atoms with Crippen LogP contribution in [0.3, 0.4) is 0 Å². The van der Waals surface area contributed by atoms with E-state index in [2.05, 4.69) is 9.71 Å². The van der Waals surface area contributed by atoms with Crippen LogP contribution in [0, 0.1) is 0 Å². The Kier molecular flexibility index (Phi) is 4.20. The Morgan fingerprint density at radius 3 is 2.57 bits per heavy atom. The van der Waals surface area contributed by atoms with E-state index in [0.717, 1.165) is 0 Å². The van der Waals surface area contributed by atoms with Crippen LogP contribution in [-0.2, 0) is 16.6 Å². The number of anilines is 1. The molecule has 1 heterocycles. The van der Waals surface area contributed by atoms with Crippen LogP contribution < -0.4 is 16.2 Å². The topological polar surface area (TPSA) is 128 Å². The van der Waals surface area contributed by atoms with Crippen LogP contribution in [0.1, 0.15) is 16.1 Å². The van der Waals surface area contributed by atoms with Gasteiger partial charge in [0.1, 0.15) is 4.90 Å². The van der Waals surface area contributed by atoms with Gasteiger partial charge in [-0.2, -0.15) is 0 Å². The molecule has 21 heavy (non-hydrogen) atoms. The molecule has 1 aromatic carbocycles. The molecule has 2 aromatic rings. The van der Waals surface area contributed by atoms with E-state index in [1.165, 1.54) is 18.2 Å². The quantitative estimate of drug-likeness (QED) is 0.682. The van der Waals surface area contributed by atoms with Crippen molar-refractivity contribution < 1.29 is 13.2 Å². The minimum Gasteiger partial charge on any atom is -0.398 e. The molecule has 0 aliphatic heterocycles. The molecule has 0 atom stereocenters. The molecule has 0 aliphatic carbocycles. The molecule has 7 nitrogen and oxygen atoms in total. The molecule has 1 amide bonds. The average Bonchev–Trinajstić information content (AvgIpc) is 2.46. The second kappa shape index (κ2) is 5.90. The van der Waals surface area contributed by atoms with E-state index in [0.29, 0.717) is 5.69 Å². The standard InChI is InChI=1S/C13H14N4O3S/c14-11-7-9(13(15)18)4-5-12(11)21(19,20)17-8-10-3-1-2-6-16-10/h1-7,17H,8,14H2,(H2,15,18). The van der Waals surface area contributed by atoms with Crippen molar-refractivity contribution in [3.05, 3.63) is 53.9 Å². The zero-order valence-electron chi connectivity index (χ0n) is 11.0. The molecule has 0 radical (unpaired) electrons. The lowest BCUT2D eigenvalue weighted by molar-refractivity contribution is 0.1000. The summed E-state index contributed by atoms with van der Waals surface area (Å²) in [5.74, 6) is -0.674. The van der Waals surface area contributed by atoms with Crippen molar-refractivity contribution in [2.75, 3.05) is 5.73 Å². The molecular weight excluding hydrogens is 292 g/mol. The Bertz CT molecular complexity index is 760. The van der Waals surface area contributed by atoms with Gasteiger partial charge in [-0.15, -0.1) is 0 Å². The van der Waals surface area contributed by atoms with Crippen molar-refractivity contribution in [2.24, 2.45) is 5.73 Å². The van der Waals surface area contributed by atoms with E-state index in [1.54, 1.807) is 24.4 Å². The van der Waals surface area contributed by atoms with Gasteiger partial charge >= 0.3 is 0 Å². The van der Waals surface area contributed by atoms with Crippen LogP contribution in [0.15, 0.2) is 47.5 Å². The van der Waals surface area contributed by atoms with Gasteiger partial charge in [0.05, 0.1) is 17.9 Å². The smallest absolute Gasteiger partial charge is 0.248 e. The fourth-order valence-electron chi connectivity index (χ4n) is 1.70. The molecule has 1 aromatic heterocycles. The minimum atomic E-state index is -3.80. The van der Waals surface area contributed by atoms with Crippen molar-refractivity contribution >= 4 is 21.6 Å². The Balaban J connectivity index is 2.22. The Labute approximate surface area is 122 Å². The van der Waals surface area contributed by atoms with Crippen LogP contribution in [0.25, 0.3) is 0 Å². The van der Waals surface area contributed by atoms with E-state index in [4.69, 9.17) is 11.5 Å². The van der Waals surface area contributed by atoms with Gasteiger partial charge in [-0.25, -0.2) is 13.1 Å². The first-order chi connectivity index (χ1) is 9.90. The van der Waals surface area contributed by atoms with E-state index < -0.39 is 15.9 Å². The summed E-state index contributed by atoms with van der Waals surface area (Å²) in [5.41, 5.74) is 11.5. The maximum atomic E-state index is 12.2. The van der Waals surface area contributed by atoms with E-state index >= 15 is 0 Å². The van der Waals surface area contributed by atoms with Gasteiger partial charge in [0.2, 0.25) is 15.9 Å². The monoisotopic (exact) mass is 306 g/mol. The molecule has 5 N–H and O–H groups in total. The number of carbonyl (C=O) groups excluding carboxylic acids is 1. The van der Waals surface area contributed by atoms with Crippen molar-refractivity contribution in [1.29, 1.82) is 0 Å². The van der Waals surface area contributed by atoms with Gasteiger partial charge in [-0.05, 0) is 30.3 Å². The summed E-state index contributed by atoms with van der Waals surface area (Å²) in [6.45, 7) is 0.0418. The van der Waals surface area contributed by atoms with Crippen molar-refractivity contribution in [3.8, 4) is 0 Å². The highest BCUT2D eigenvalue weighted by molar-refractivity contribution is 7.89. The number of carbonyl (C=O) groups is 1. The third-order valence-corrected chi connectivity index (χ3v) is 4.23. The molecule has 2 rings (SSSR count). The summed E-state index contributed by atoms with van der Waals surface area (Å²) in [6.07, 6.45) is 1.57. The van der Waals surface area contributed by atoms with E-state index in [-0.39, 0.29) is 22.7 Å². The lowest BCUT2D eigenvalue weighted by atomic mass is 10.2. The van der Waals surface area contributed by atoms with E-state index in [9.17, 15) is 13.2 Å². The molecule has 0 unspecified atom stereocenters. The Morgan fingerprint density at radius 1 is 1.24 bits per heavy atom. The van der Waals surface area contributed by atoms with Crippen LogP contribution in [0.4, 0.5) is 5.69 Å². The predicted molar refractivity (Wildman–Crippen MR) is 77.6 cm³/mol. The van der Waals surface area contributed by atoms with Gasteiger partial charge in [-0.3, -0.25) is 9.78 Å². The van der Waals surface area contributed by atoms with Gasteiger partial charge in [0.15, 0.2) is 0 Å². The number of hydrogen-bond donors (Lipinski definition) is 3. The highest BCUT2D eigenvalue weighted by atomic mass is 32.2. The number of aromatic nitrogens is 1. The molecule has 110 valence electrons. The van der Waals surface area contributed by atoms with Crippen molar-refractivity contribution in [3.63, 3.8) is 0 Å². The van der Waals surface area contributed by atoms with Gasteiger partial charge in [-0.1, -0.05) is 6.07 Å². The van der Waals surface area contributed by atoms with Crippen LogP contribution >= 0.6 is 0 Å². The largest absolute Gasteiger partial charge is 0.398 e. The molecule has 0 saturated carbocycles. The number of nitrogens with one attached hydrogen (secondary N) is 1. The minimum absolute atomic E-state index is 0.0418. The Hall–Kier alpha value is -2.45. The summed E-state index contributed by atoms with van der Waals surface area (Å²) < 4.78 is 26.7. The summed E-state index contributed by atoms with van der Waals surface area (Å²) in [4.78, 5) is 14.9. The lowest BCUT2D eigenvalue weighted by Crippen LogP contribution is -2.25. The number of benzene rings is 1. The zero-order valence-corrected chi connectivity index (χ0v) is 11.8. The van der Waals surface area contributed by atoms with E-state index in [1.807, 2.05) is 0 Å². The number of amides is 1. The fraction of sp³-hybridized carbons (Fsp3) is 0.0769. The van der Waals surface area contributed by atoms with Gasteiger partial charge in [0.25, 0.3) is 0 Å². The average molecular weight is 306 g/mol. The molecule has 0 fully saturated rings. The van der Waals surface area contributed by atoms with Crippen molar-refractivity contribution in [2.45, 2.75) is 11.4 Å². The SMILES string of the molecule is NC(=O)c1ccc(S(=O)(=O)NCc2ccccn2)c(N)c1. The second-order valence-corrected chi connectivity index (χ2v) is 6.00. The Morgan fingerprint density at radius 2 is 2.00 bits per heavy atom. The normalized spacial score (nSPS) is 11.2. The first-order valence-corrected chi connectivity index (χ1v) is 7.47. The maximum absolute atomic E-state index is 12.2. The summed E-state index contributed by atoms with van der Waals surface area (Å²) in [6, 6.07) is 8.98. The molecular formula is C13H14N4O3S. The van der Waals surface area contributed by atoms with Gasteiger partial charge in [0, 0.05) is 11.8 Å². The summed E-state index contributed by atoms with van der Waals surface area (Å²) >= 11 is 0. The first kappa shape index (κ1) is 14.9. The van der Waals surface area contributed by atoms with Gasteiger partial charge < -0.3 is 11.5 Å². The fourth-order valence-corrected chi connectivity index (χ4v) is 2.81. The maximum Gasteiger partial charge on any atom is 0.248 e. The van der Waals surface area contributed by atoms with Crippen LogP contribution in [0.5, 0.6) is 0 Å². The highest BCUT2D eigenvalue weighted by Crippen LogP contribution is 2.19. The molecule has 8 heteroatoms. The number of sulfonamides is 1. The van der Waals surface area contributed by atoms with Crippen LogP contribution in [0.2, 0.25) is 0 Å². The number of nitrogen functional groups attached to an aromatic ring is 1. The summed E-state index contributed by atoms with van der Waals surface area (Å²) in [5, 5.41) is 0. The summed E-state index contributed by atoms with van der Waals surface area (Å²) in [7, 11) is -3.80. The number of nitrogens with zero attached hydrogens (tertiary/aromatic N) is 1. The molecule has 0 bridgehead atoms. The molecule has 0 saturated heterocycles. The highest BCUT2D eigenvalue weighted by Gasteiger charge is 2.18. The number of hydrogen-bond acceptors (Lipinski definition) is 5.